The summed E-state index contributed by atoms with van der Waals surface area (Å²) in [6.07, 6.45) is 1.86. The minimum absolute atomic E-state index is 0.324. The zero-order chi connectivity index (χ0) is 12.3. The number of nitrogen functional groups attached to an aromatic ring is 1. The van der Waals surface area contributed by atoms with Crippen LogP contribution in [0, 0.1) is 0 Å². The zero-order valence-corrected chi connectivity index (χ0v) is 10.2. The highest BCUT2D eigenvalue weighted by Crippen LogP contribution is 2.18. The molecule has 2 aromatic rings. The maximum absolute atomic E-state index is 5.90. The van der Waals surface area contributed by atoms with Crippen molar-refractivity contribution < 1.29 is 0 Å². The van der Waals surface area contributed by atoms with E-state index in [2.05, 4.69) is 36.4 Å². The predicted octanol–water partition coefficient (Wildman–Crippen LogP) is 2.66. The van der Waals surface area contributed by atoms with Crippen molar-refractivity contribution in [2.45, 2.75) is 26.4 Å². The summed E-state index contributed by atoms with van der Waals surface area (Å²) in [6, 6.07) is 10.5. The standard InChI is InChI=1S/C13H18N4/c1-10(2)17-9-12(14)13(16-17)15-8-11-6-4-3-5-7-11/h3-7,9-10H,8,14H2,1-2H3,(H,15,16). The second-order valence-corrected chi connectivity index (χ2v) is 4.35. The number of nitrogens with zero attached hydrogens (tertiary/aromatic N) is 2. The molecule has 0 spiro atoms. The summed E-state index contributed by atoms with van der Waals surface area (Å²) < 4.78 is 1.86. The topological polar surface area (TPSA) is 55.9 Å². The Kier molecular flexibility index (Phi) is 3.32. The molecule has 0 amide bonds. The number of hydrogen-bond donors (Lipinski definition) is 2. The van der Waals surface area contributed by atoms with Gasteiger partial charge in [-0.1, -0.05) is 30.3 Å². The third-order valence-electron chi connectivity index (χ3n) is 2.59. The second-order valence-electron chi connectivity index (χ2n) is 4.35. The van der Waals surface area contributed by atoms with E-state index in [1.54, 1.807) is 0 Å². The van der Waals surface area contributed by atoms with E-state index in [9.17, 15) is 0 Å². The fourth-order valence-electron chi connectivity index (χ4n) is 1.59. The molecule has 2 rings (SSSR count). The summed E-state index contributed by atoms with van der Waals surface area (Å²) in [5.41, 5.74) is 7.80. The minimum Gasteiger partial charge on any atom is -0.394 e. The largest absolute Gasteiger partial charge is 0.394 e. The van der Waals surface area contributed by atoms with Crippen molar-refractivity contribution in [1.82, 2.24) is 9.78 Å². The Morgan fingerprint density at radius 2 is 2.00 bits per heavy atom. The molecule has 0 radical (unpaired) electrons. The van der Waals surface area contributed by atoms with Crippen molar-refractivity contribution in [2.75, 3.05) is 11.1 Å². The molecule has 1 heterocycles. The lowest BCUT2D eigenvalue weighted by atomic mass is 10.2. The van der Waals surface area contributed by atoms with Crippen LogP contribution in [0.2, 0.25) is 0 Å². The quantitative estimate of drug-likeness (QED) is 0.849. The van der Waals surface area contributed by atoms with Crippen LogP contribution in [0.15, 0.2) is 36.5 Å². The summed E-state index contributed by atoms with van der Waals surface area (Å²) in [4.78, 5) is 0. The van der Waals surface area contributed by atoms with Crippen LogP contribution in [0.5, 0.6) is 0 Å². The lowest BCUT2D eigenvalue weighted by Gasteiger charge is -2.05. The van der Waals surface area contributed by atoms with Gasteiger partial charge in [-0.25, -0.2) is 0 Å². The van der Waals surface area contributed by atoms with Gasteiger partial charge < -0.3 is 11.1 Å². The minimum atomic E-state index is 0.324. The van der Waals surface area contributed by atoms with E-state index in [0.717, 1.165) is 12.4 Å². The highest BCUT2D eigenvalue weighted by molar-refractivity contribution is 5.60. The lowest BCUT2D eigenvalue weighted by molar-refractivity contribution is 0.534. The Labute approximate surface area is 101 Å². The molecule has 4 nitrogen and oxygen atoms in total. The number of nitrogens with two attached hydrogens (primary N) is 1. The number of rotatable bonds is 4. The van der Waals surface area contributed by atoms with Gasteiger partial charge in [-0.3, -0.25) is 4.68 Å². The average molecular weight is 230 g/mol. The molecule has 90 valence electrons. The molecule has 0 aliphatic carbocycles. The third kappa shape index (κ3) is 2.78. The van der Waals surface area contributed by atoms with Crippen molar-refractivity contribution in [3.63, 3.8) is 0 Å². The summed E-state index contributed by atoms with van der Waals surface area (Å²) in [5.74, 6) is 0.752. The van der Waals surface area contributed by atoms with Crippen molar-refractivity contribution in [3.05, 3.63) is 42.1 Å². The van der Waals surface area contributed by atoms with Gasteiger partial charge in [0.2, 0.25) is 0 Å². The van der Waals surface area contributed by atoms with Crippen LogP contribution in [0.25, 0.3) is 0 Å². The van der Waals surface area contributed by atoms with E-state index in [1.807, 2.05) is 29.1 Å². The molecule has 0 atom stereocenters. The first-order valence-electron chi connectivity index (χ1n) is 5.79. The van der Waals surface area contributed by atoms with E-state index in [1.165, 1.54) is 5.56 Å². The maximum Gasteiger partial charge on any atom is 0.171 e. The first-order valence-corrected chi connectivity index (χ1v) is 5.79. The molecule has 1 aromatic heterocycles. The van der Waals surface area contributed by atoms with Gasteiger partial charge in [-0.2, -0.15) is 5.10 Å². The molecular formula is C13H18N4. The van der Waals surface area contributed by atoms with Gasteiger partial charge in [0.25, 0.3) is 0 Å². The molecular weight excluding hydrogens is 212 g/mol. The molecule has 0 unspecified atom stereocenters. The summed E-state index contributed by atoms with van der Waals surface area (Å²) in [5, 5.41) is 7.65. The second kappa shape index (κ2) is 4.91. The molecule has 0 bridgehead atoms. The SMILES string of the molecule is CC(C)n1cc(N)c(NCc2ccccc2)n1. The van der Waals surface area contributed by atoms with E-state index < -0.39 is 0 Å². The van der Waals surface area contributed by atoms with Crippen molar-refractivity contribution in [2.24, 2.45) is 0 Å². The van der Waals surface area contributed by atoms with E-state index >= 15 is 0 Å². The predicted molar refractivity (Wildman–Crippen MR) is 70.8 cm³/mol. The van der Waals surface area contributed by atoms with Gasteiger partial charge >= 0.3 is 0 Å². The van der Waals surface area contributed by atoms with Gasteiger partial charge in [0.15, 0.2) is 5.82 Å². The first-order chi connectivity index (χ1) is 8.16. The normalized spacial score (nSPS) is 10.8. The number of nitrogens with one attached hydrogen (secondary N) is 1. The highest BCUT2D eigenvalue weighted by atomic mass is 15.3. The van der Waals surface area contributed by atoms with Gasteiger partial charge in [0.1, 0.15) is 0 Å². The average Bonchev–Trinajstić information content (AvgIpc) is 2.70. The number of hydrogen-bond acceptors (Lipinski definition) is 3. The van der Waals surface area contributed by atoms with Crippen LogP contribution < -0.4 is 11.1 Å². The number of benzene rings is 1. The molecule has 0 fully saturated rings. The number of aromatic nitrogens is 2. The Morgan fingerprint density at radius 1 is 1.29 bits per heavy atom. The van der Waals surface area contributed by atoms with Gasteiger partial charge in [-0.15, -0.1) is 0 Å². The highest BCUT2D eigenvalue weighted by Gasteiger charge is 2.07. The zero-order valence-electron chi connectivity index (χ0n) is 10.2. The Hall–Kier alpha value is -1.97. The molecule has 0 aliphatic rings. The van der Waals surface area contributed by atoms with Gasteiger partial charge in [0.05, 0.1) is 11.9 Å². The van der Waals surface area contributed by atoms with Crippen LogP contribution in [-0.2, 0) is 6.54 Å². The smallest absolute Gasteiger partial charge is 0.171 e. The van der Waals surface area contributed by atoms with Crippen LogP contribution in [0.4, 0.5) is 11.5 Å². The first kappa shape index (κ1) is 11.5. The molecule has 0 aliphatic heterocycles. The third-order valence-corrected chi connectivity index (χ3v) is 2.59. The van der Waals surface area contributed by atoms with E-state index in [4.69, 9.17) is 5.73 Å². The summed E-state index contributed by atoms with van der Waals surface area (Å²) in [6.45, 7) is 4.89. The van der Waals surface area contributed by atoms with Gasteiger partial charge in [-0.05, 0) is 19.4 Å². The monoisotopic (exact) mass is 230 g/mol. The van der Waals surface area contributed by atoms with E-state index in [0.29, 0.717) is 11.7 Å². The van der Waals surface area contributed by atoms with Crippen molar-refractivity contribution in [3.8, 4) is 0 Å². The maximum atomic E-state index is 5.90. The fraction of sp³-hybridized carbons (Fsp3) is 0.308. The fourth-order valence-corrected chi connectivity index (χ4v) is 1.59. The molecule has 0 saturated carbocycles. The Morgan fingerprint density at radius 3 is 2.59 bits per heavy atom. The molecule has 0 saturated heterocycles. The molecule has 1 aromatic carbocycles. The summed E-state index contributed by atoms with van der Waals surface area (Å²) in [7, 11) is 0. The van der Waals surface area contributed by atoms with Gasteiger partial charge in [0, 0.05) is 12.6 Å². The Bertz CT molecular complexity index is 473. The van der Waals surface area contributed by atoms with E-state index in [-0.39, 0.29) is 0 Å². The summed E-state index contributed by atoms with van der Waals surface area (Å²) >= 11 is 0. The van der Waals surface area contributed by atoms with Crippen LogP contribution >= 0.6 is 0 Å². The number of anilines is 2. The molecule has 4 heteroatoms. The van der Waals surface area contributed by atoms with Crippen LogP contribution in [-0.4, -0.2) is 9.78 Å². The van der Waals surface area contributed by atoms with Crippen LogP contribution in [0.3, 0.4) is 0 Å². The Balaban J connectivity index is 2.04. The molecule has 3 N–H and O–H groups in total. The van der Waals surface area contributed by atoms with Crippen molar-refractivity contribution >= 4 is 11.5 Å². The lowest BCUT2D eigenvalue weighted by Crippen LogP contribution is -2.04. The molecule has 17 heavy (non-hydrogen) atoms. The van der Waals surface area contributed by atoms with Crippen LogP contribution in [0.1, 0.15) is 25.5 Å². The van der Waals surface area contributed by atoms with Crippen molar-refractivity contribution in [1.29, 1.82) is 0 Å².